The van der Waals surface area contributed by atoms with Crippen LogP contribution in [0.3, 0.4) is 0 Å². The number of carbonyl (C=O) groups excluding carboxylic acids is 2. The SMILES string of the molecule is C=CCN1C(=O)S/C(=C/c2cc(Br)ccc2O)C1=O. The number of phenols is 1. The first-order valence-electron chi connectivity index (χ1n) is 5.37. The van der Waals surface area contributed by atoms with Gasteiger partial charge >= 0.3 is 0 Å². The third kappa shape index (κ3) is 2.90. The van der Waals surface area contributed by atoms with Gasteiger partial charge in [0.05, 0.1) is 4.91 Å². The zero-order chi connectivity index (χ0) is 14.0. The Labute approximate surface area is 122 Å². The van der Waals surface area contributed by atoms with E-state index >= 15 is 0 Å². The summed E-state index contributed by atoms with van der Waals surface area (Å²) in [5, 5.41) is 9.39. The summed E-state index contributed by atoms with van der Waals surface area (Å²) in [6.07, 6.45) is 3.00. The fourth-order valence-electron chi connectivity index (χ4n) is 1.57. The number of hydrogen-bond donors (Lipinski definition) is 1. The van der Waals surface area contributed by atoms with Crippen molar-refractivity contribution in [1.82, 2.24) is 4.90 Å². The maximum Gasteiger partial charge on any atom is 0.293 e. The third-order valence-corrected chi connectivity index (χ3v) is 3.86. The Balaban J connectivity index is 2.34. The summed E-state index contributed by atoms with van der Waals surface area (Å²) in [4.78, 5) is 25.0. The molecule has 0 saturated carbocycles. The highest BCUT2D eigenvalue weighted by Crippen LogP contribution is 2.34. The van der Waals surface area contributed by atoms with Crippen molar-refractivity contribution in [3.63, 3.8) is 0 Å². The number of thioether (sulfide) groups is 1. The lowest BCUT2D eigenvalue weighted by molar-refractivity contribution is -0.122. The van der Waals surface area contributed by atoms with E-state index in [2.05, 4.69) is 22.5 Å². The van der Waals surface area contributed by atoms with Gasteiger partial charge in [0.2, 0.25) is 0 Å². The van der Waals surface area contributed by atoms with Crippen molar-refractivity contribution in [2.45, 2.75) is 0 Å². The molecule has 0 bridgehead atoms. The molecule has 1 aromatic carbocycles. The van der Waals surface area contributed by atoms with E-state index in [9.17, 15) is 14.7 Å². The van der Waals surface area contributed by atoms with Gasteiger partial charge in [-0.3, -0.25) is 14.5 Å². The third-order valence-electron chi connectivity index (χ3n) is 2.46. The van der Waals surface area contributed by atoms with Crippen LogP contribution in [0.15, 0.2) is 40.2 Å². The maximum atomic E-state index is 12.0. The molecule has 0 atom stereocenters. The van der Waals surface area contributed by atoms with Crippen molar-refractivity contribution in [2.75, 3.05) is 6.54 Å². The molecule has 4 nitrogen and oxygen atoms in total. The van der Waals surface area contributed by atoms with Gasteiger partial charge in [-0.1, -0.05) is 22.0 Å². The highest BCUT2D eigenvalue weighted by atomic mass is 79.9. The molecule has 1 heterocycles. The topological polar surface area (TPSA) is 57.6 Å². The Morgan fingerprint density at radius 1 is 1.42 bits per heavy atom. The first-order valence-corrected chi connectivity index (χ1v) is 6.98. The van der Waals surface area contributed by atoms with Crippen LogP contribution in [0.1, 0.15) is 5.56 Å². The molecule has 1 aromatic rings. The van der Waals surface area contributed by atoms with Crippen LogP contribution in [0.2, 0.25) is 0 Å². The smallest absolute Gasteiger partial charge is 0.293 e. The standard InChI is InChI=1S/C13H10BrNO3S/c1-2-5-15-12(17)11(19-13(15)18)7-8-6-9(14)3-4-10(8)16/h2-4,6-7,16H,1,5H2/b11-7+. The fourth-order valence-corrected chi connectivity index (χ4v) is 2.79. The maximum absolute atomic E-state index is 12.0. The first kappa shape index (κ1) is 13.9. The minimum atomic E-state index is -0.366. The lowest BCUT2D eigenvalue weighted by Crippen LogP contribution is -2.27. The highest BCUT2D eigenvalue weighted by Gasteiger charge is 2.34. The van der Waals surface area contributed by atoms with Crippen molar-refractivity contribution in [3.8, 4) is 5.75 Å². The normalized spacial score (nSPS) is 17.3. The van der Waals surface area contributed by atoms with E-state index in [1.807, 2.05) is 0 Å². The number of aromatic hydroxyl groups is 1. The Kier molecular flexibility index (Phi) is 4.11. The van der Waals surface area contributed by atoms with E-state index in [4.69, 9.17) is 0 Å². The molecule has 2 amide bonds. The predicted molar refractivity (Wildman–Crippen MR) is 78.7 cm³/mol. The van der Waals surface area contributed by atoms with Gasteiger partial charge in [0.1, 0.15) is 5.75 Å². The minimum Gasteiger partial charge on any atom is -0.507 e. The molecule has 0 aliphatic carbocycles. The molecule has 6 heteroatoms. The number of hydrogen-bond acceptors (Lipinski definition) is 4. The number of imide groups is 1. The molecule has 1 aliphatic heterocycles. The Morgan fingerprint density at radius 2 is 2.16 bits per heavy atom. The van der Waals surface area contributed by atoms with Crippen molar-refractivity contribution in [1.29, 1.82) is 0 Å². The molecular weight excluding hydrogens is 330 g/mol. The van der Waals surface area contributed by atoms with Crippen LogP contribution < -0.4 is 0 Å². The average Bonchev–Trinajstić information content (AvgIpc) is 2.62. The van der Waals surface area contributed by atoms with Gasteiger partial charge in [0.25, 0.3) is 11.1 Å². The zero-order valence-electron chi connectivity index (χ0n) is 9.80. The van der Waals surface area contributed by atoms with Crippen molar-refractivity contribution in [2.24, 2.45) is 0 Å². The molecule has 1 aliphatic rings. The minimum absolute atomic E-state index is 0.0544. The Hall–Kier alpha value is -1.53. The lowest BCUT2D eigenvalue weighted by atomic mass is 10.2. The van der Waals surface area contributed by atoms with E-state index in [-0.39, 0.29) is 23.4 Å². The number of benzene rings is 1. The molecule has 1 N–H and O–H groups in total. The largest absolute Gasteiger partial charge is 0.507 e. The number of phenolic OH excluding ortho intramolecular Hbond substituents is 1. The summed E-state index contributed by atoms with van der Waals surface area (Å²) in [6, 6.07) is 4.89. The quantitative estimate of drug-likeness (QED) is 0.677. The molecule has 0 spiro atoms. The Bertz CT molecular complexity index is 598. The number of amides is 2. The summed E-state index contributed by atoms with van der Waals surface area (Å²) < 4.78 is 0.780. The summed E-state index contributed by atoms with van der Waals surface area (Å²) in [7, 11) is 0. The van der Waals surface area contributed by atoms with Gasteiger partial charge in [0.15, 0.2) is 0 Å². The highest BCUT2D eigenvalue weighted by molar-refractivity contribution is 9.10. The van der Waals surface area contributed by atoms with Crippen LogP contribution in [0.5, 0.6) is 5.75 Å². The van der Waals surface area contributed by atoms with Crippen LogP contribution in [0.4, 0.5) is 4.79 Å². The zero-order valence-corrected chi connectivity index (χ0v) is 12.2. The van der Waals surface area contributed by atoms with Crippen LogP contribution in [-0.2, 0) is 4.79 Å². The van der Waals surface area contributed by atoms with Gasteiger partial charge in [0, 0.05) is 16.6 Å². The van der Waals surface area contributed by atoms with E-state index in [1.165, 1.54) is 18.2 Å². The van der Waals surface area contributed by atoms with Gasteiger partial charge < -0.3 is 5.11 Å². The number of nitrogens with zero attached hydrogens (tertiary/aromatic N) is 1. The summed E-state index contributed by atoms with van der Waals surface area (Å²) >= 11 is 4.14. The molecule has 98 valence electrons. The van der Waals surface area contributed by atoms with E-state index < -0.39 is 0 Å². The van der Waals surface area contributed by atoms with Gasteiger partial charge in [-0.25, -0.2) is 0 Å². The van der Waals surface area contributed by atoms with Crippen LogP contribution in [0, 0.1) is 0 Å². The monoisotopic (exact) mass is 339 g/mol. The molecule has 19 heavy (non-hydrogen) atoms. The van der Waals surface area contributed by atoms with Gasteiger partial charge in [-0.05, 0) is 36.0 Å². The van der Waals surface area contributed by atoms with Gasteiger partial charge in [-0.2, -0.15) is 0 Å². The molecular formula is C13H10BrNO3S. The van der Waals surface area contributed by atoms with E-state index in [0.29, 0.717) is 10.5 Å². The summed E-state index contributed by atoms with van der Waals surface area (Å²) in [5.41, 5.74) is 0.485. The molecule has 1 saturated heterocycles. The molecule has 0 aromatic heterocycles. The second-order valence-corrected chi connectivity index (χ2v) is 5.69. The van der Waals surface area contributed by atoms with Crippen LogP contribution >= 0.6 is 27.7 Å². The Morgan fingerprint density at radius 3 is 2.84 bits per heavy atom. The first-order chi connectivity index (χ1) is 9.02. The average molecular weight is 340 g/mol. The molecule has 0 radical (unpaired) electrons. The van der Waals surface area contributed by atoms with Crippen molar-refractivity contribution < 1.29 is 14.7 Å². The van der Waals surface area contributed by atoms with E-state index in [0.717, 1.165) is 21.1 Å². The predicted octanol–water partition coefficient (Wildman–Crippen LogP) is 3.38. The molecule has 0 unspecified atom stereocenters. The fraction of sp³-hybridized carbons (Fsp3) is 0.0769. The van der Waals surface area contributed by atoms with Crippen molar-refractivity contribution in [3.05, 3.63) is 45.8 Å². The second kappa shape index (κ2) is 5.63. The summed E-state index contributed by atoms with van der Waals surface area (Å²) in [6.45, 7) is 3.69. The molecule has 2 rings (SSSR count). The number of carbonyl (C=O) groups is 2. The lowest BCUT2D eigenvalue weighted by Gasteiger charge is -2.07. The number of halogens is 1. The van der Waals surface area contributed by atoms with Crippen LogP contribution in [0.25, 0.3) is 6.08 Å². The van der Waals surface area contributed by atoms with Crippen LogP contribution in [-0.4, -0.2) is 27.7 Å². The molecule has 1 fully saturated rings. The number of rotatable bonds is 3. The van der Waals surface area contributed by atoms with Crippen molar-refractivity contribution >= 4 is 44.9 Å². The second-order valence-electron chi connectivity index (χ2n) is 3.78. The van der Waals surface area contributed by atoms with Gasteiger partial charge in [-0.15, -0.1) is 6.58 Å². The summed E-state index contributed by atoms with van der Waals surface area (Å²) in [5.74, 6) is -0.312. The van der Waals surface area contributed by atoms with E-state index in [1.54, 1.807) is 12.1 Å².